The number of urea groups is 1. The van der Waals surface area contributed by atoms with Crippen LogP contribution in [0.2, 0.25) is 0 Å². The molecular weight excluding hydrogens is 386 g/mol. The Labute approximate surface area is 171 Å². The fourth-order valence-corrected chi connectivity index (χ4v) is 5.24. The second-order valence-corrected chi connectivity index (χ2v) is 8.37. The zero-order chi connectivity index (χ0) is 20.2. The second-order valence-electron chi connectivity index (χ2n) is 7.29. The highest BCUT2D eigenvalue weighted by Crippen LogP contribution is 2.40. The number of nitrogens with zero attached hydrogens (tertiary/aromatic N) is 1. The predicted octanol–water partition coefficient (Wildman–Crippen LogP) is 3.43. The van der Waals surface area contributed by atoms with Crippen molar-refractivity contribution in [2.75, 3.05) is 13.7 Å². The van der Waals surface area contributed by atoms with E-state index in [1.165, 1.54) is 11.3 Å². The molecule has 3 amide bonds. The molecule has 2 N–H and O–H groups in total. The van der Waals surface area contributed by atoms with Crippen molar-refractivity contribution in [3.05, 3.63) is 71.1 Å². The van der Waals surface area contributed by atoms with E-state index in [0.717, 1.165) is 37.5 Å². The maximum absolute atomic E-state index is 13.0. The molecule has 1 atom stereocenters. The van der Waals surface area contributed by atoms with Crippen molar-refractivity contribution in [2.24, 2.45) is 0 Å². The number of rotatable bonds is 4. The van der Waals surface area contributed by atoms with Gasteiger partial charge in [-0.1, -0.05) is 30.8 Å². The molecule has 3 heterocycles. The average molecular weight is 405 g/mol. The standard InChI is InChI=1S/C22H19N3O3S/c1-13-17-10-16(28-2)8-7-15(17)11-25(13)12-22(20(26)23-21(27)24-22)19-9-14-5-3-4-6-18(14)29-19/h3-10H,1,11-12H2,2H3,(H2,23,24,26,27). The minimum atomic E-state index is -1.16. The third-order valence-electron chi connectivity index (χ3n) is 5.59. The molecule has 3 aromatic rings. The van der Waals surface area contributed by atoms with Gasteiger partial charge in [-0.25, -0.2) is 4.79 Å². The van der Waals surface area contributed by atoms with Gasteiger partial charge in [-0.2, -0.15) is 0 Å². The normalized spacial score (nSPS) is 20.7. The SMILES string of the molecule is C=C1c2cc(OC)ccc2CN1CC1(c2cc3ccccc3s2)NC(=O)NC1=O. The van der Waals surface area contributed by atoms with E-state index < -0.39 is 11.6 Å². The van der Waals surface area contributed by atoms with E-state index in [0.29, 0.717) is 13.1 Å². The molecule has 0 radical (unpaired) electrons. The number of hydrogen-bond donors (Lipinski definition) is 2. The average Bonchev–Trinajstić information content (AvgIpc) is 3.36. The van der Waals surface area contributed by atoms with Crippen molar-refractivity contribution in [1.82, 2.24) is 15.5 Å². The van der Waals surface area contributed by atoms with Gasteiger partial charge in [0, 0.05) is 27.4 Å². The highest BCUT2D eigenvalue weighted by molar-refractivity contribution is 7.19. The van der Waals surface area contributed by atoms with Crippen LogP contribution in [-0.4, -0.2) is 30.5 Å². The summed E-state index contributed by atoms with van der Waals surface area (Å²) in [5.74, 6) is 0.424. The van der Waals surface area contributed by atoms with Crippen molar-refractivity contribution >= 4 is 39.1 Å². The number of fused-ring (bicyclic) bond motifs is 2. The van der Waals surface area contributed by atoms with E-state index in [1.54, 1.807) is 7.11 Å². The number of methoxy groups -OCH3 is 1. The Bertz CT molecular complexity index is 1150. The molecule has 0 bridgehead atoms. The van der Waals surface area contributed by atoms with Crippen LogP contribution in [0.25, 0.3) is 15.8 Å². The van der Waals surface area contributed by atoms with Crippen LogP contribution in [0.4, 0.5) is 4.79 Å². The van der Waals surface area contributed by atoms with E-state index >= 15 is 0 Å². The number of hydrogen-bond acceptors (Lipinski definition) is 5. The summed E-state index contributed by atoms with van der Waals surface area (Å²) < 4.78 is 6.40. The molecule has 6 nitrogen and oxygen atoms in total. The predicted molar refractivity (Wildman–Crippen MR) is 113 cm³/mol. The lowest BCUT2D eigenvalue weighted by Gasteiger charge is -2.31. The maximum atomic E-state index is 13.0. The smallest absolute Gasteiger partial charge is 0.322 e. The Kier molecular flexibility index (Phi) is 3.89. The third kappa shape index (κ3) is 2.69. The molecule has 146 valence electrons. The number of amides is 3. The number of carbonyl (C=O) groups is 2. The number of benzene rings is 2. The number of thiophene rings is 1. The van der Waals surface area contributed by atoms with Crippen LogP contribution in [0.5, 0.6) is 5.75 Å². The van der Waals surface area contributed by atoms with Crippen LogP contribution < -0.4 is 15.4 Å². The third-order valence-corrected chi connectivity index (χ3v) is 6.86. The second kappa shape index (κ2) is 6.35. The van der Waals surface area contributed by atoms with Gasteiger partial charge in [0.2, 0.25) is 0 Å². The van der Waals surface area contributed by atoms with Gasteiger partial charge in [0.25, 0.3) is 5.91 Å². The van der Waals surface area contributed by atoms with Crippen LogP contribution in [0.15, 0.2) is 55.1 Å². The summed E-state index contributed by atoms with van der Waals surface area (Å²) in [6.07, 6.45) is 0. The summed E-state index contributed by atoms with van der Waals surface area (Å²) in [5.41, 5.74) is 1.77. The lowest BCUT2D eigenvalue weighted by molar-refractivity contribution is -0.124. The molecule has 29 heavy (non-hydrogen) atoms. The van der Waals surface area contributed by atoms with Gasteiger partial charge in [-0.3, -0.25) is 10.1 Å². The number of imide groups is 1. The van der Waals surface area contributed by atoms with E-state index in [2.05, 4.69) is 17.2 Å². The molecule has 5 rings (SSSR count). The lowest BCUT2D eigenvalue weighted by atomic mass is 9.96. The number of ether oxygens (including phenoxy) is 1. The monoisotopic (exact) mass is 405 g/mol. The van der Waals surface area contributed by atoms with Crippen LogP contribution in [-0.2, 0) is 16.9 Å². The molecule has 1 fully saturated rings. The van der Waals surface area contributed by atoms with Gasteiger partial charge >= 0.3 is 6.03 Å². The van der Waals surface area contributed by atoms with Crippen LogP contribution in [0.1, 0.15) is 16.0 Å². The molecule has 1 saturated heterocycles. The highest BCUT2D eigenvalue weighted by atomic mass is 32.1. The summed E-state index contributed by atoms with van der Waals surface area (Å²) in [5, 5.41) is 6.36. The zero-order valence-electron chi connectivity index (χ0n) is 15.8. The fraction of sp³-hybridized carbons (Fsp3) is 0.182. The van der Waals surface area contributed by atoms with Crippen LogP contribution >= 0.6 is 11.3 Å². The highest BCUT2D eigenvalue weighted by Gasteiger charge is 2.50. The first kappa shape index (κ1) is 17.8. The van der Waals surface area contributed by atoms with Crippen molar-refractivity contribution in [1.29, 1.82) is 0 Å². The van der Waals surface area contributed by atoms with E-state index in [-0.39, 0.29) is 5.91 Å². The van der Waals surface area contributed by atoms with Gasteiger partial charge in [0.1, 0.15) is 5.75 Å². The molecular formula is C22H19N3O3S. The Morgan fingerprint density at radius 1 is 1.21 bits per heavy atom. The minimum Gasteiger partial charge on any atom is -0.497 e. The first-order chi connectivity index (χ1) is 14.0. The molecule has 1 aromatic heterocycles. The summed E-state index contributed by atoms with van der Waals surface area (Å²) in [6.45, 7) is 5.15. The molecule has 0 saturated carbocycles. The molecule has 0 aliphatic carbocycles. The minimum absolute atomic E-state index is 0.299. The van der Waals surface area contributed by atoms with Crippen molar-refractivity contribution in [3.63, 3.8) is 0 Å². The number of carbonyl (C=O) groups excluding carboxylic acids is 2. The van der Waals surface area contributed by atoms with E-state index in [9.17, 15) is 9.59 Å². The summed E-state index contributed by atoms with van der Waals surface area (Å²) in [7, 11) is 1.63. The number of nitrogens with one attached hydrogen (secondary N) is 2. The largest absolute Gasteiger partial charge is 0.497 e. The molecule has 7 heteroatoms. The van der Waals surface area contributed by atoms with Gasteiger partial charge in [0.05, 0.1) is 13.7 Å². The Balaban J connectivity index is 1.54. The van der Waals surface area contributed by atoms with Gasteiger partial charge < -0.3 is 15.0 Å². The quantitative estimate of drug-likeness (QED) is 0.653. The molecule has 2 aliphatic rings. The van der Waals surface area contributed by atoms with Crippen LogP contribution in [0.3, 0.4) is 0 Å². The lowest BCUT2D eigenvalue weighted by Crippen LogP contribution is -2.50. The first-order valence-corrected chi connectivity index (χ1v) is 10.1. The molecule has 2 aromatic carbocycles. The first-order valence-electron chi connectivity index (χ1n) is 9.24. The van der Waals surface area contributed by atoms with E-state index in [4.69, 9.17) is 4.74 Å². The Morgan fingerprint density at radius 3 is 2.76 bits per heavy atom. The van der Waals surface area contributed by atoms with Gasteiger partial charge in [-0.15, -0.1) is 11.3 Å². The summed E-state index contributed by atoms with van der Waals surface area (Å²) in [4.78, 5) is 28.0. The van der Waals surface area contributed by atoms with E-state index in [1.807, 2.05) is 53.4 Å². The Hall–Kier alpha value is -3.32. The topological polar surface area (TPSA) is 70.7 Å². The van der Waals surface area contributed by atoms with Gasteiger partial charge in [-0.05, 0) is 35.2 Å². The summed E-state index contributed by atoms with van der Waals surface area (Å²) in [6, 6.07) is 15.4. The van der Waals surface area contributed by atoms with Crippen molar-refractivity contribution in [3.8, 4) is 5.75 Å². The molecule has 0 spiro atoms. The zero-order valence-corrected chi connectivity index (χ0v) is 16.6. The Morgan fingerprint density at radius 2 is 2.03 bits per heavy atom. The van der Waals surface area contributed by atoms with Crippen molar-refractivity contribution in [2.45, 2.75) is 12.1 Å². The maximum Gasteiger partial charge on any atom is 0.322 e. The van der Waals surface area contributed by atoms with Crippen LogP contribution in [0, 0.1) is 0 Å². The molecule has 1 unspecified atom stereocenters. The van der Waals surface area contributed by atoms with Crippen molar-refractivity contribution < 1.29 is 14.3 Å². The fourth-order valence-electron chi connectivity index (χ4n) is 4.04. The molecule has 2 aliphatic heterocycles. The van der Waals surface area contributed by atoms with Gasteiger partial charge in [0.15, 0.2) is 5.54 Å². The summed E-state index contributed by atoms with van der Waals surface area (Å²) >= 11 is 1.52.